The van der Waals surface area contributed by atoms with Gasteiger partial charge in [0.15, 0.2) is 11.5 Å². The van der Waals surface area contributed by atoms with Gasteiger partial charge in [0.05, 0.1) is 24.9 Å². The van der Waals surface area contributed by atoms with E-state index < -0.39 is 6.10 Å². The second kappa shape index (κ2) is 15.7. The maximum absolute atomic E-state index is 12.4. The number of carbonyl (C=O) groups is 1. The fourth-order valence-corrected chi connectivity index (χ4v) is 10.1. The molecule has 1 saturated carbocycles. The molecule has 0 saturated heterocycles. The number of dihydropyridines is 1. The van der Waals surface area contributed by atoms with Crippen molar-refractivity contribution < 1.29 is 34.0 Å². The Morgan fingerprint density at radius 2 is 1.91 bits per heavy atom. The van der Waals surface area contributed by atoms with E-state index in [4.69, 9.17) is 24.7 Å². The molecule has 0 amide bonds. The molecule has 2 aliphatic carbocycles. The van der Waals surface area contributed by atoms with E-state index in [0.717, 1.165) is 93.6 Å². The van der Waals surface area contributed by atoms with Crippen LogP contribution in [-0.2, 0) is 27.8 Å². The van der Waals surface area contributed by atoms with Crippen molar-refractivity contribution in [3.05, 3.63) is 87.1 Å². The minimum Gasteiger partial charge on any atom is -0.508 e. The van der Waals surface area contributed by atoms with Crippen molar-refractivity contribution in [3.8, 4) is 51.7 Å². The Balaban J connectivity index is 1.37. The van der Waals surface area contributed by atoms with Gasteiger partial charge in [-0.3, -0.25) is 4.79 Å². The maximum Gasteiger partial charge on any atom is 0.302 e. The lowest BCUT2D eigenvalue weighted by Crippen LogP contribution is -2.41. The van der Waals surface area contributed by atoms with Gasteiger partial charge >= 0.3 is 5.97 Å². The molecular weight excluding hydrogens is 721 g/mol. The molecule has 1 spiro atoms. The highest BCUT2D eigenvalue weighted by Gasteiger charge is 2.51. The van der Waals surface area contributed by atoms with Crippen LogP contribution < -0.4 is 35.9 Å². The van der Waals surface area contributed by atoms with Crippen LogP contribution in [-0.4, -0.2) is 69.4 Å². The smallest absolute Gasteiger partial charge is 0.302 e. The summed E-state index contributed by atoms with van der Waals surface area (Å²) in [4.78, 5) is 12.4. The third kappa shape index (κ3) is 7.09. The van der Waals surface area contributed by atoms with Crippen molar-refractivity contribution in [2.45, 2.75) is 88.5 Å². The van der Waals surface area contributed by atoms with Crippen LogP contribution in [0.25, 0.3) is 11.1 Å². The third-order valence-corrected chi connectivity index (χ3v) is 12.6. The highest BCUT2D eigenvalue weighted by molar-refractivity contribution is 5.84. The van der Waals surface area contributed by atoms with Gasteiger partial charge in [-0.05, 0) is 110 Å². The Kier molecular flexibility index (Phi) is 10.6. The molecule has 57 heavy (non-hydrogen) atoms. The summed E-state index contributed by atoms with van der Waals surface area (Å²) >= 11 is 0. The number of phenolic OH excluding ortho intramolecular Hbond substituents is 2. The number of benzene rings is 3. The first-order valence-corrected chi connectivity index (χ1v) is 20.2. The molecule has 3 aromatic carbocycles. The second-order valence-electron chi connectivity index (χ2n) is 16.3. The van der Waals surface area contributed by atoms with Crippen molar-refractivity contribution in [2.75, 3.05) is 40.9 Å². The van der Waals surface area contributed by atoms with E-state index in [-0.39, 0.29) is 47.7 Å². The SMILES string of the molecule is CCC1=CC2=C(C#CCc3cc(O)c(OC(CNC)CNC)cc3C3Oc4c(ccc5c4C4(CCC(C2)C4)Cc2cc(O)cc(OC)c2-5)C3COC(C)=O)NC1N. The lowest BCUT2D eigenvalue weighted by Gasteiger charge is -2.39. The molecule has 0 radical (unpaired) electrons. The number of ether oxygens (including phenoxy) is 4. The number of phenols is 2. The third-order valence-electron chi connectivity index (χ3n) is 12.6. The summed E-state index contributed by atoms with van der Waals surface area (Å²) in [6, 6.07) is 11.4. The molecule has 5 aliphatic rings. The molecule has 5 unspecified atom stereocenters. The molecule has 1 fully saturated rings. The Hall–Kier alpha value is -5.15. The summed E-state index contributed by atoms with van der Waals surface area (Å²) in [7, 11) is 5.37. The zero-order valence-corrected chi connectivity index (χ0v) is 33.5. The number of likely N-dealkylation sites (N-methyl/N-ethyl adjacent to an activating group) is 2. The van der Waals surface area contributed by atoms with Crippen LogP contribution in [0, 0.1) is 17.8 Å². The monoisotopic (exact) mass is 774 g/mol. The van der Waals surface area contributed by atoms with Gasteiger partial charge in [0.2, 0.25) is 0 Å². The summed E-state index contributed by atoms with van der Waals surface area (Å²) in [5.74, 6) is 8.43. The van der Waals surface area contributed by atoms with Gasteiger partial charge in [0, 0.05) is 60.2 Å². The highest BCUT2D eigenvalue weighted by Crippen LogP contribution is 2.62. The largest absolute Gasteiger partial charge is 0.508 e. The van der Waals surface area contributed by atoms with Gasteiger partial charge in [-0.15, -0.1) is 0 Å². The first-order chi connectivity index (χ1) is 27.6. The quantitative estimate of drug-likeness (QED) is 0.110. The molecule has 5 atom stereocenters. The minimum atomic E-state index is -0.591. The molecule has 11 nitrogen and oxygen atoms in total. The van der Waals surface area contributed by atoms with E-state index in [1.165, 1.54) is 6.92 Å². The summed E-state index contributed by atoms with van der Waals surface area (Å²) in [5.41, 5.74) is 16.2. The normalized spacial score (nSPS) is 24.0. The van der Waals surface area contributed by atoms with Gasteiger partial charge in [-0.1, -0.05) is 31.1 Å². The van der Waals surface area contributed by atoms with E-state index >= 15 is 0 Å². The number of methoxy groups -OCH3 is 1. The van der Waals surface area contributed by atoms with Crippen LogP contribution in [0.5, 0.6) is 28.7 Å². The van der Waals surface area contributed by atoms with Crippen molar-refractivity contribution in [2.24, 2.45) is 11.7 Å². The standard InChI is InChI=1S/C46H54N4O7/c1-6-27-15-29-14-26-12-13-46(20-26)21-30-16-31(52)18-40(54-5)41(30)34-11-10-33-36(24-55-25(2)51)43(57-44(33)42(34)46)35-19-39(56-32(22-48-3)23-49-4)38(53)17-28(35)8-7-9-37(29)50-45(27)47/h10-11,15-19,26,32,36,43,45,48-50,52-53H,6,8,12-14,20-24,47H2,1-5H3. The Morgan fingerprint density at radius 3 is 2.65 bits per heavy atom. The average Bonchev–Trinajstić information content (AvgIpc) is 3.75. The summed E-state index contributed by atoms with van der Waals surface area (Å²) in [6.45, 7) is 4.77. The predicted molar refractivity (Wildman–Crippen MR) is 219 cm³/mol. The van der Waals surface area contributed by atoms with E-state index in [1.54, 1.807) is 19.2 Å². The van der Waals surface area contributed by atoms with Crippen LogP contribution in [0.4, 0.5) is 0 Å². The van der Waals surface area contributed by atoms with Gasteiger partial charge in [-0.2, -0.15) is 0 Å². The number of fused-ring (bicyclic) bond motifs is 6. The number of hydrogen-bond donors (Lipinski definition) is 6. The number of carbonyl (C=O) groups excluding carboxylic acids is 1. The average molecular weight is 775 g/mol. The topological polar surface area (TPSA) is 157 Å². The molecule has 3 aliphatic heterocycles. The van der Waals surface area contributed by atoms with Crippen LogP contribution in [0.3, 0.4) is 0 Å². The van der Waals surface area contributed by atoms with Crippen molar-refractivity contribution in [3.63, 3.8) is 0 Å². The fraction of sp³-hybridized carbons (Fsp3) is 0.457. The molecule has 11 heteroatoms. The van der Waals surface area contributed by atoms with E-state index in [2.05, 4.69) is 52.9 Å². The van der Waals surface area contributed by atoms with Crippen molar-refractivity contribution in [1.82, 2.24) is 16.0 Å². The Labute approximate surface area is 335 Å². The molecule has 3 heterocycles. The number of esters is 1. The molecule has 4 bridgehead atoms. The Bertz CT molecular complexity index is 2210. The van der Waals surface area contributed by atoms with E-state index in [0.29, 0.717) is 43.3 Å². The minimum absolute atomic E-state index is 0.00607. The number of nitrogens with one attached hydrogen (secondary N) is 3. The number of rotatable bonds is 10. The zero-order valence-electron chi connectivity index (χ0n) is 33.5. The van der Waals surface area contributed by atoms with Crippen molar-refractivity contribution in [1.29, 1.82) is 0 Å². The molecule has 0 aromatic heterocycles. The van der Waals surface area contributed by atoms with Gasteiger partial charge in [0.25, 0.3) is 0 Å². The first kappa shape index (κ1) is 38.7. The van der Waals surface area contributed by atoms with Gasteiger partial charge in [0.1, 0.15) is 36.1 Å². The van der Waals surface area contributed by atoms with Gasteiger partial charge < -0.3 is 50.8 Å². The summed E-state index contributed by atoms with van der Waals surface area (Å²) in [6.07, 6.45) is 6.60. The Morgan fingerprint density at radius 1 is 1.11 bits per heavy atom. The molecule has 3 aromatic rings. The lowest BCUT2D eigenvalue weighted by atomic mass is 9.65. The summed E-state index contributed by atoms with van der Waals surface area (Å²) < 4.78 is 25.5. The summed E-state index contributed by atoms with van der Waals surface area (Å²) in [5, 5.41) is 32.3. The predicted octanol–water partition coefficient (Wildman–Crippen LogP) is 5.76. The number of nitrogens with two attached hydrogens (primary N) is 1. The van der Waals surface area contributed by atoms with E-state index in [9.17, 15) is 15.0 Å². The van der Waals surface area contributed by atoms with Crippen LogP contribution in [0.1, 0.15) is 85.8 Å². The highest BCUT2D eigenvalue weighted by atomic mass is 16.5. The van der Waals surface area contributed by atoms with Crippen LogP contribution in [0.15, 0.2) is 59.3 Å². The first-order valence-electron chi connectivity index (χ1n) is 20.2. The van der Waals surface area contributed by atoms with E-state index in [1.807, 2.05) is 26.2 Å². The molecule has 300 valence electrons. The van der Waals surface area contributed by atoms with Crippen molar-refractivity contribution >= 4 is 5.97 Å². The maximum atomic E-state index is 12.4. The van der Waals surface area contributed by atoms with Crippen LogP contribution >= 0.6 is 0 Å². The van der Waals surface area contributed by atoms with Crippen LogP contribution in [0.2, 0.25) is 0 Å². The lowest BCUT2D eigenvalue weighted by molar-refractivity contribution is -0.141. The molecular formula is C46H54N4O7. The number of aromatic hydroxyl groups is 2. The number of hydrogen-bond acceptors (Lipinski definition) is 11. The van der Waals surface area contributed by atoms with Gasteiger partial charge in [-0.25, -0.2) is 0 Å². The second-order valence-corrected chi connectivity index (χ2v) is 16.3. The number of allylic oxidation sites excluding steroid dienone is 3. The molecule has 7 N–H and O–H groups in total. The molecule has 8 rings (SSSR count). The fourth-order valence-electron chi connectivity index (χ4n) is 10.1. The zero-order chi connectivity index (χ0) is 40.0.